The molecule has 3 rings (SSSR count). The monoisotopic (exact) mass is 413 g/mol. The van der Waals surface area contributed by atoms with Gasteiger partial charge in [-0.25, -0.2) is 4.79 Å². The first-order valence-electron chi connectivity index (χ1n) is 11.7. The lowest BCUT2D eigenvalue weighted by Crippen LogP contribution is -2.46. The number of rotatable bonds is 7. The summed E-state index contributed by atoms with van der Waals surface area (Å²) in [6.45, 7) is 2.49. The standard InChI is InChI=1S/C24H39N5O/c1-28(22-10-6-3-7-11-22)24(30)29(17-20-8-4-2-5-9-20)18-21-14-12-19(13-15-21)16-27-23(25)26/h3,6-7,10-11,19-21H,2,4-5,8-9,12-18H2,1H3,(H4,25,26,27). The molecule has 2 amide bonds. The maximum atomic E-state index is 13.4. The molecule has 0 aliphatic heterocycles. The fraction of sp³-hybridized carbons (Fsp3) is 0.667. The van der Waals surface area contributed by atoms with Gasteiger partial charge < -0.3 is 16.4 Å². The number of benzene rings is 1. The Kier molecular flexibility index (Phi) is 8.40. The van der Waals surface area contributed by atoms with Crippen molar-refractivity contribution in [2.45, 2.75) is 57.8 Å². The molecule has 0 aromatic heterocycles. The highest BCUT2D eigenvalue weighted by atomic mass is 16.2. The summed E-state index contributed by atoms with van der Waals surface area (Å²) in [6, 6.07) is 10.1. The summed E-state index contributed by atoms with van der Waals surface area (Å²) in [5, 5.41) is 0. The zero-order chi connectivity index (χ0) is 21.3. The maximum absolute atomic E-state index is 13.4. The van der Waals surface area contributed by atoms with E-state index in [-0.39, 0.29) is 12.0 Å². The van der Waals surface area contributed by atoms with Crippen LogP contribution >= 0.6 is 0 Å². The number of para-hydroxylation sites is 1. The van der Waals surface area contributed by atoms with Crippen LogP contribution < -0.4 is 16.4 Å². The van der Waals surface area contributed by atoms with E-state index >= 15 is 0 Å². The Morgan fingerprint density at radius 1 is 0.900 bits per heavy atom. The Bertz CT molecular complexity index is 674. The third-order valence-electron chi connectivity index (χ3n) is 6.88. The number of hydrogen-bond donors (Lipinski definition) is 2. The number of carbonyl (C=O) groups is 1. The van der Waals surface area contributed by atoms with Crippen molar-refractivity contribution in [1.82, 2.24) is 4.90 Å². The lowest BCUT2D eigenvalue weighted by molar-refractivity contribution is 0.156. The molecule has 6 nitrogen and oxygen atoms in total. The van der Waals surface area contributed by atoms with Gasteiger partial charge in [0.25, 0.3) is 0 Å². The highest BCUT2D eigenvalue weighted by molar-refractivity contribution is 5.91. The fourth-order valence-corrected chi connectivity index (χ4v) is 5.03. The minimum absolute atomic E-state index is 0.134. The Hall–Kier alpha value is -2.24. The van der Waals surface area contributed by atoms with Gasteiger partial charge in [0.05, 0.1) is 0 Å². The molecule has 6 heteroatoms. The van der Waals surface area contributed by atoms with E-state index in [1.54, 1.807) is 0 Å². The van der Waals surface area contributed by atoms with Gasteiger partial charge in [-0.2, -0.15) is 0 Å². The van der Waals surface area contributed by atoms with Gasteiger partial charge in [0, 0.05) is 32.4 Å². The Labute approximate surface area is 181 Å². The van der Waals surface area contributed by atoms with Gasteiger partial charge in [-0.15, -0.1) is 0 Å². The van der Waals surface area contributed by atoms with E-state index in [1.165, 1.54) is 32.1 Å². The number of carbonyl (C=O) groups excluding carboxylic acids is 1. The van der Waals surface area contributed by atoms with E-state index in [0.29, 0.717) is 17.8 Å². The number of hydrogen-bond acceptors (Lipinski definition) is 2. The second kappa shape index (κ2) is 11.2. The Balaban J connectivity index is 1.61. The number of guanidine groups is 1. The zero-order valence-electron chi connectivity index (χ0n) is 18.5. The lowest BCUT2D eigenvalue weighted by atomic mass is 9.81. The SMILES string of the molecule is CN(C(=O)N(CC1CCCCC1)CC1CCC(CN=C(N)N)CC1)c1ccccc1. The molecule has 1 aromatic carbocycles. The van der Waals surface area contributed by atoms with Gasteiger partial charge in [0.15, 0.2) is 5.96 Å². The van der Waals surface area contributed by atoms with Gasteiger partial charge in [-0.3, -0.25) is 9.89 Å². The largest absolute Gasteiger partial charge is 0.370 e. The number of aliphatic imine (C=N–C) groups is 1. The van der Waals surface area contributed by atoms with Crippen LogP contribution in [0.3, 0.4) is 0 Å². The van der Waals surface area contributed by atoms with Crippen molar-refractivity contribution in [1.29, 1.82) is 0 Å². The van der Waals surface area contributed by atoms with Crippen LogP contribution in [0.1, 0.15) is 57.8 Å². The molecule has 30 heavy (non-hydrogen) atoms. The highest BCUT2D eigenvalue weighted by Crippen LogP contribution is 2.31. The predicted molar refractivity (Wildman–Crippen MR) is 125 cm³/mol. The van der Waals surface area contributed by atoms with Crippen LogP contribution in [0.15, 0.2) is 35.3 Å². The van der Waals surface area contributed by atoms with Crippen LogP contribution in [0, 0.1) is 17.8 Å². The zero-order valence-corrected chi connectivity index (χ0v) is 18.5. The van der Waals surface area contributed by atoms with Crippen LogP contribution in [0.5, 0.6) is 0 Å². The van der Waals surface area contributed by atoms with E-state index in [2.05, 4.69) is 9.89 Å². The molecule has 1 aromatic rings. The highest BCUT2D eigenvalue weighted by Gasteiger charge is 2.28. The first-order chi connectivity index (χ1) is 14.5. The minimum atomic E-state index is 0.134. The Morgan fingerprint density at radius 3 is 2.07 bits per heavy atom. The van der Waals surface area contributed by atoms with Crippen molar-refractivity contribution in [3.63, 3.8) is 0 Å². The summed E-state index contributed by atoms with van der Waals surface area (Å²) in [6.07, 6.45) is 11.0. The molecule has 0 bridgehead atoms. The summed E-state index contributed by atoms with van der Waals surface area (Å²) in [4.78, 5) is 21.6. The minimum Gasteiger partial charge on any atom is -0.370 e. The Morgan fingerprint density at radius 2 is 1.47 bits per heavy atom. The number of anilines is 1. The van der Waals surface area contributed by atoms with Crippen LogP contribution in [0.4, 0.5) is 10.5 Å². The summed E-state index contributed by atoms with van der Waals surface area (Å²) < 4.78 is 0. The van der Waals surface area contributed by atoms with Crippen molar-refractivity contribution in [2.75, 3.05) is 31.6 Å². The number of amides is 2. The van der Waals surface area contributed by atoms with E-state index in [9.17, 15) is 4.79 Å². The molecular formula is C24H39N5O. The number of urea groups is 1. The van der Waals surface area contributed by atoms with Crippen molar-refractivity contribution in [2.24, 2.45) is 34.2 Å². The van der Waals surface area contributed by atoms with Crippen molar-refractivity contribution in [3.05, 3.63) is 30.3 Å². The smallest absolute Gasteiger partial charge is 0.324 e. The van der Waals surface area contributed by atoms with Gasteiger partial charge >= 0.3 is 6.03 Å². The molecule has 2 aliphatic carbocycles. The third kappa shape index (κ3) is 6.64. The average Bonchev–Trinajstić information content (AvgIpc) is 2.78. The van der Waals surface area contributed by atoms with Crippen LogP contribution in [0.25, 0.3) is 0 Å². The van der Waals surface area contributed by atoms with Crippen LogP contribution in [0.2, 0.25) is 0 Å². The van der Waals surface area contributed by atoms with E-state index in [4.69, 9.17) is 11.5 Å². The number of nitrogens with two attached hydrogens (primary N) is 2. The van der Waals surface area contributed by atoms with E-state index < -0.39 is 0 Å². The molecule has 0 heterocycles. The van der Waals surface area contributed by atoms with Crippen molar-refractivity contribution < 1.29 is 4.79 Å². The molecule has 0 unspecified atom stereocenters. The second-order valence-electron chi connectivity index (χ2n) is 9.24. The number of nitrogens with zero attached hydrogens (tertiary/aromatic N) is 3. The molecular weight excluding hydrogens is 374 g/mol. The molecule has 166 valence electrons. The maximum Gasteiger partial charge on any atom is 0.324 e. The van der Waals surface area contributed by atoms with E-state index in [0.717, 1.165) is 51.0 Å². The first-order valence-corrected chi connectivity index (χ1v) is 11.7. The summed E-state index contributed by atoms with van der Waals surface area (Å²) >= 11 is 0. The summed E-state index contributed by atoms with van der Waals surface area (Å²) in [7, 11) is 1.90. The molecule has 2 saturated carbocycles. The first kappa shape index (κ1) is 22.4. The average molecular weight is 414 g/mol. The fourth-order valence-electron chi connectivity index (χ4n) is 5.03. The van der Waals surface area contributed by atoms with Gasteiger partial charge in [0.1, 0.15) is 0 Å². The molecule has 4 N–H and O–H groups in total. The molecule has 0 saturated heterocycles. The van der Waals surface area contributed by atoms with Gasteiger partial charge in [-0.05, 0) is 68.4 Å². The molecule has 0 atom stereocenters. The van der Waals surface area contributed by atoms with Gasteiger partial charge in [0.2, 0.25) is 0 Å². The topological polar surface area (TPSA) is 88.0 Å². The third-order valence-corrected chi connectivity index (χ3v) is 6.88. The quantitative estimate of drug-likeness (QED) is 0.518. The van der Waals surface area contributed by atoms with Crippen molar-refractivity contribution in [3.8, 4) is 0 Å². The predicted octanol–water partition coefficient (Wildman–Crippen LogP) is 4.20. The lowest BCUT2D eigenvalue weighted by Gasteiger charge is -2.37. The molecule has 0 radical (unpaired) electrons. The molecule has 2 fully saturated rings. The van der Waals surface area contributed by atoms with Crippen LogP contribution in [-0.2, 0) is 0 Å². The summed E-state index contributed by atoms with van der Waals surface area (Å²) in [5.74, 6) is 1.96. The van der Waals surface area contributed by atoms with Crippen LogP contribution in [-0.4, -0.2) is 43.6 Å². The molecule has 2 aliphatic rings. The molecule has 0 spiro atoms. The van der Waals surface area contributed by atoms with Gasteiger partial charge in [-0.1, -0.05) is 37.5 Å². The van der Waals surface area contributed by atoms with Crippen molar-refractivity contribution >= 4 is 17.7 Å². The second-order valence-corrected chi connectivity index (χ2v) is 9.24. The normalized spacial score (nSPS) is 22.3. The van der Waals surface area contributed by atoms with E-state index in [1.807, 2.05) is 42.3 Å². The summed E-state index contributed by atoms with van der Waals surface area (Å²) in [5.41, 5.74) is 11.9.